The maximum Gasteiger partial charge on any atom is 0.268 e. The highest BCUT2D eigenvalue weighted by Crippen LogP contribution is 2.24. The van der Waals surface area contributed by atoms with Gasteiger partial charge in [-0.3, -0.25) is 0 Å². The fourth-order valence-electron chi connectivity index (χ4n) is 3.84. The molecule has 0 aliphatic carbocycles. The van der Waals surface area contributed by atoms with E-state index in [2.05, 4.69) is 15.3 Å². The van der Waals surface area contributed by atoms with Gasteiger partial charge in [-0.2, -0.15) is 4.98 Å². The van der Waals surface area contributed by atoms with E-state index in [0.29, 0.717) is 23.4 Å². The molecule has 0 unspecified atom stereocenters. The van der Waals surface area contributed by atoms with Gasteiger partial charge in [0.2, 0.25) is 5.95 Å². The molecule has 0 spiro atoms. The van der Waals surface area contributed by atoms with Crippen LogP contribution >= 0.6 is 0 Å². The van der Waals surface area contributed by atoms with Gasteiger partial charge in [0.15, 0.2) is 0 Å². The summed E-state index contributed by atoms with van der Waals surface area (Å²) in [7, 11) is -3.66. The first-order valence-electron chi connectivity index (χ1n) is 10.4. The largest absolute Gasteiger partial charge is 0.385 e. The third kappa shape index (κ3) is 3.94. The fourth-order valence-corrected chi connectivity index (χ4v) is 5.19. The van der Waals surface area contributed by atoms with Gasteiger partial charge in [0.25, 0.3) is 10.0 Å². The number of nitrogens with zero attached hydrogens (tertiary/aromatic N) is 3. The minimum absolute atomic E-state index is 0.149. The number of nitrogens with two attached hydrogens (primary N) is 2. The number of benzene rings is 3. The van der Waals surface area contributed by atoms with Crippen LogP contribution in [0.5, 0.6) is 0 Å². The van der Waals surface area contributed by atoms with Crippen LogP contribution in [0.1, 0.15) is 5.56 Å². The van der Waals surface area contributed by atoms with Crippen molar-refractivity contribution in [2.24, 2.45) is 0 Å². The fraction of sp³-hybridized carbons (Fsp3) is 0.0833. The molecule has 2 aromatic heterocycles. The molecule has 5 N–H and O–H groups in total. The van der Waals surface area contributed by atoms with E-state index >= 15 is 0 Å². The Labute approximate surface area is 190 Å². The van der Waals surface area contributed by atoms with Gasteiger partial charge in [-0.15, -0.1) is 0 Å². The van der Waals surface area contributed by atoms with Crippen molar-refractivity contribution in [2.45, 2.75) is 11.3 Å². The Morgan fingerprint density at radius 3 is 2.52 bits per heavy atom. The number of nitrogens with one attached hydrogen (secondary N) is 1. The third-order valence-electron chi connectivity index (χ3n) is 5.53. The van der Waals surface area contributed by atoms with Gasteiger partial charge in [-0.1, -0.05) is 30.3 Å². The van der Waals surface area contributed by atoms with Crippen molar-refractivity contribution in [3.8, 4) is 0 Å². The van der Waals surface area contributed by atoms with E-state index in [1.54, 1.807) is 30.5 Å². The molecule has 166 valence electrons. The Kier molecular flexibility index (Phi) is 5.10. The van der Waals surface area contributed by atoms with Crippen LogP contribution in [-0.2, 0) is 16.4 Å². The zero-order valence-electron chi connectivity index (χ0n) is 17.6. The summed E-state index contributed by atoms with van der Waals surface area (Å²) in [6.07, 6.45) is 2.31. The molecule has 3 aromatic carbocycles. The molecule has 0 saturated heterocycles. The van der Waals surface area contributed by atoms with Crippen LogP contribution in [0.4, 0.5) is 17.5 Å². The highest BCUT2D eigenvalue weighted by atomic mass is 32.2. The van der Waals surface area contributed by atoms with Gasteiger partial charge in [0.05, 0.1) is 15.9 Å². The lowest BCUT2D eigenvalue weighted by Gasteiger charge is -2.10. The number of hydrogen-bond donors (Lipinski definition) is 3. The second kappa shape index (κ2) is 8.10. The summed E-state index contributed by atoms with van der Waals surface area (Å²) >= 11 is 0. The summed E-state index contributed by atoms with van der Waals surface area (Å²) in [6, 6.07) is 21.8. The van der Waals surface area contributed by atoms with Crippen molar-refractivity contribution < 1.29 is 8.42 Å². The van der Waals surface area contributed by atoms with Crippen molar-refractivity contribution in [3.05, 3.63) is 84.6 Å². The van der Waals surface area contributed by atoms with Gasteiger partial charge in [-0.25, -0.2) is 17.4 Å². The molecule has 0 aliphatic heterocycles. The molecule has 0 bridgehead atoms. The molecule has 2 heterocycles. The van der Waals surface area contributed by atoms with Crippen LogP contribution in [0.2, 0.25) is 0 Å². The standard InChI is InChI=1S/C24H22N6O2S/c25-23-20-15-18(7-10-21(20)28-24(26)29-23)27-13-11-16-5-8-19(9-6-16)33(31,32)30-14-12-17-3-1-2-4-22(17)30/h1-10,12,14-15,27H,11,13H2,(H4,25,26,28,29). The number of aromatic nitrogens is 3. The molecule has 0 amide bonds. The number of anilines is 3. The van der Waals surface area contributed by atoms with Crippen molar-refractivity contribution in [1.29, 1.82) is 0 Å². The molecule has 5 aromatic rings. The molecule has 0 fully saturated rings. The van der Waals surface area contributed by atoms with Gasteiger partial charge >= 0.3 is 0 Å². The normalized spacial score (nSPS) is 11.8. The molecule has 33 heavy (non-hydrogen) atoms. The summed E-state index contributed by atoms with van der Waals surface area (Å²) in [5.41, 5.74) is 14.9. The topological polar surface area (TPSA) is 129 Å². The lowest BCUT2D eigenvalue weighted by Crippen LogP contribution is -2.12. The second-order valence-electron chi connectivity index (χ2n) is 7.70. The lowest BCUT2D eigenvalue weighted by atomic mass is 10.1. The van der Waals surface area contributed by atoms with Gasteiger partial charge < -0.3 is 16.8 Å². The number of para-hydroxylation sites is 1. The summed E-state index contributed by atoms with van der Waals surface area (Å²) in [5.74, 6) is 0.490. The maximum atomic E-state index is 13.1. The van der Waals surface area contributed by atoms with E-state index in [4.69, 9.17) is 11.5 Å². The molecule has 0 aliphatic rings. The average molecular weight is 459 g/mol. The quantitative estimate of drug-likeness (QED) is 0.354. The summed E-state index contributed by atoms with van der Waals surface area (Å²) in [5, 5.41) is 4.97. The monoisotopic (exact) mass is 458 g/mol. The summed E-state index contributed by atoms with van der Waals surface area (Å²) < 4.78 is 27.5. The van der Waals surface area contributed by atoms with Crippen molar-refractivity contribution >= 4 is 49.3 Å². The van der Waals surface area contributed by atoms with Gasteiger partial charge in [0, 0.05) is 29.2 Å². The molecule has 0 saturated carbocycles. The Hall–Kier alpha value is -4.11. The molecule has 0 radical (unpaired) electrons. The number of fused-ring (bicyclic) bond motifs is 2. The highest BCUT2D eigenvalue weighted by molar-refractivity contribution is 7.90. The minimum Gasteiger partial charge on any atom is -0.385 e. The van der Waals surface area contributed by atoms with Crippen LogP contribution in [0.15, 0.2) is 83.9 Å². The Morgan fingerprint density at radius 2 is 1.70 bits per heavy atom. The first-order chi connectivity index (χ1) is 15.9. The third-order valence-corrected chi connectivity index (χ3v) is 7.23. The smallest absolute Gasteiger partial charge is 0.268 e. The lowest BCUT2D eigenvalue weighted by molar-refractivity contribution is 0.589. The number of nitrogen functional groups attached to an aromatic ring is 2. The molecule has 5 rings (SSSR count). The van der Waals surface area contributed by atoms with Crippen molar-refractivity contribution in [2.75, 3.05) is 23.3 Å². The zero-order valence-corrected chi connectivity index (χ0v) is 18.5. The highest BCUT2D eigenvalue weighted by Gasteiger charge is 2.18. The predicted octanol–water partition coefficient (Wildman–Crippen LogP) is 3.64. The van der Waals surface area contributed by atoms with E-state index in [1.807, 2.05) is 48.5 Å². The van der Waals surface area contributed by atoms with Crippen LogP contribution in [-0.4, -0.2) is 28.9 Å². The molecule has 9 heteroatoms. The minimum atomic E-state index is -3.66. The Morgan fingerprint density at radius 1 is 0.909 bits per heavy atom. The Balaban J connectivity index is 1.28. The van der Waals surface area contributed by atoms with E-state index in [-0.39, 0.29) is 10.8 Å². The number of rotatable bonds is 6. The first kappa shape index (κ1) is 20.8. The second-order valence-corrected chi connectivity index (χ2v) is 9.51. The van der Waals surface area contributed by atoms with Crippen LogP contribution in [0.25, 0.3) is 21.8 Å². The average Bonchev–Trinajstić information content (AvgIpc) is 3.25. The summed E-state index contributed by atoms with van der Waals surface area (Å²) in [4.78, 5) is 8.43. The molecular formula is C24H22N6O2S. The summed E-state index contributed by atoms with van der Waals surface area (Å²) in [6.45, 7) is 0.662. The van der Waals surface area contributed by atoms with Gasteiger partial charge in [-0.05, 0) is 54.4 Å². The van der Waals surface area contributed by atoms with Crippen LogP contribution in [0.3, 0.4) is 0 Å². The zero-order chi connectivity index (χ0) is 23.0. The van der Waals surface area contributed by atoms with Crippen LogP contribution in [0, 0.1) is 0 Å². The van der Waals surface area contributed by atoms with Crippen molar-refractivity contribution in [1.82, 2.24) is 13.9 Å². The van der Waals surface area contributed by atoms with Gasteiger partial charge in [0.1, 0.15) is 5.82 Å². The molecular weight excluding hydrogens is 436 g/mol. The van der Waals surface area contributed by atoms with E-state index in [9.17, 15) is 8.42 Å². The van der Waals surface area contributed by atoms with Crippen molar-refractivity contribution in [3.63, 3.8) is 0 Å². The SMILES string of the molecule is Nc1nc(N)c2cc(NCCc3ccc(S(=O)(=O)n4ccc5ccccc54)cc3)ccc2n1. The molecule has 8 nitrogen and oxygen atoms in total. The predicted molar refractivity (Wildman–Crippen MR) is 132 cm³/mol. The van der Waals surface area contributed by atoms with Crippen LogP contribution < -0.4 is 16.8 Å². The first-order valence-corrected chi connectivity index (χ1v) is 11.8. The van der Waals surface area contributed by atoms with E-state index in [0.717, 1.165) is 28.4 Å². The van der Waals surface area contributed by atoms with E-state index in [1.165, 1.54) is 3.97 Å². The van der Waals surface area contributed by atoms with E-state index < -0.39 is 10.0 Å². The Bertz CT molecular complexity index is 1580. The number of hydrogen-bond acceptors (Lipinski definition) is 7. The molecule has 0 atom stereocenters. The maximum absolute atomic E-state index is 13.1.